The molecule has 0 aromatic rings. The predicted octanol–water partition coefficient (Wildman–Crippen LogP) is 4.97. The normalized spacial score (nSPS) is 13.9. The number of hydrogen-bond acceptors (Lipinski definition) is 2. The Balaban J connectivity index is 4.08. The third-order valence-electron chi connectivity index (χ3n) is 3.65. The van der Waals surface area contributed by atoms with Crippen molar-refractivity contribution >= 4 is 16.7 Å². The molecule has 19 heavy (non-hydrogen) atoms. The van der Waals surface area contributed by atoms with Crippen LogP contribution >= 0.6 is 16.7 Å². The molecule has 0 rings (SSSR count). The summed E-state index contributed by atoms with van der Waals surface area (Å²) >= 11 is 0. The van der Waals surface area contributed by atoms with Crippen LogP contribution in [-0.4, -0.2) is 47.4 Å². The molecule has 0 saturated heterocycles. The topological polar surface area (TPSA) is 12.5 Å². The molecule has 0 aliphatic rings. The standard InChI is InChI=1S/C15H35NOP2/c1-9-16(10-2)15(7,8)17-18-11-12-19(13(3)4)14(5)6/h13-14,18H,9-12H2,1-8H3. The molecule has 4 heteroatoms. The van der Waals surface area contributed by atoms with Gasteiger partial charge in [0.2, 0.25) is 0 Å². The van der Waals surface area contributed by atoms with E-state index in [4.69, 9.17) is 4.52 Å². The fourth-order valence-corrected chi connectivity index (χ4v) is 6.77. The molecule has 0 aromatic heterocycles. The van der Waals surface area contributed by atoms with Gasteiger partial charge in [-0.3, -0.25) is 4.90 Å². The van der Waals surface area contributed by atoms with Gasteiger partial charge in [0.15, 0.2) is 0 Å². The van der Waals surface area contributed by atoms with E-state index in [1.54, 1.807) is 0 Å². The fourth-order valence-electron chi connectivity index (χ4n) is 2.56. The maximum absolute atomic E-state index is 6.15. The van der Waals surface area contributed by atoms with Crippen LogP contribution in [0.25, 0.3) is 0 Å². The second-order valence-corrected chi connectivity index (χ2v) is 10.6. The molecule has 0 fully saturated rings. The molecule has 0 spiro atoms. The zero-order chi connectivity index (χ0) is 15.1. The minimum atomic E-state index is -0.111. The Labute approximate surface area is 124 Å². The summed E-state index contributed by atoms with van der Waals surface area (Å²) in [6.07, 6.45) is 2.59. The Bertz CT molecular complexity index is 220. The Hall–Kier alpha value is 0.780. The van der Waals surface area contributed by atoms with Crippen molar-refractivity contribution in [2.75, 3.05) is 25.4 Å². The lowest BCUT2D eigenvalue weighted by atomic mass is 10.2. The summed E-state index contributed by atoms with van der Waals surface area (Å²) in [5, 5.41) is 0. The van der Waals surface area contributed by atoms with Crippen molar-refractivity contribution < 1.29 is 4.52 Å². The largest absolute Gasteiger partial charge is 0.342 e. The summed E-state index contributed by atoms with van der Waals surface area (Å²) in [6, 6.07) is 0. The van der Waals surface area contributed by atoms with Gasteiger partial charge in [0.25, 0.3) is 0 Å². The lowest BCUT2D eigenvalue weighted by Gasteiger charge is -2.37. The summed E-state index contributed by atoms with van der Waals surface area (Å²) in [5.41, 5.74) is 1.58. The number of hydrogen-bond donors (Lipinski definition) is 0. The molecule has 0 saturated carbocycles. The summed E-state index contributed by atoms with van der Waals surface area (Å²) in [5.74, 6) is 0. The SMILES string of the molecule is CCN(CC)C(C)(C)OPCCP(C(C)C)C(C)C. The van der Waals surface area contributed by atoms with Gasteiger partial charge in [-0.05, 0) is 50.6 Å². The highest BCUT2D eigenvalue weighted by atomic mass is 31.1. The molecular weight excluding hydrogens is 272 g/mol. The van der Waals surface area contributed by atoms with E-state index in [1.165, 1.54) is 12.3 Å². The van der Waals surface area contributed by atoms with Crippen molar-refractivity contribution in [1.29, 1.82) is 0 Å². The van der Waals surface area contributed by atoms with E-state index in [0.29, 0.717) is 8.81 Å². The molecular formula is C15H35NOP2. The van der Waals surface area contributed by atoms with Crippen LogP contribution in [0.2, 0.25) is 0 Å². The zero-order valence-electron chi connectivity index (χ0n) is 14.3. The maximum Gasteiger partial charge on any atom is 0.119 e. The van der Waals surface area contributed by atoms with Crippen molar-refractivity contribution in [3.8, 4) is 0 Å². The lowest BCUT2D eigenvalue weighted by Crippen LogP contribution is -2.44. The molecule has 0 heterocycles. The van der Waals surface area contributed by atoms with Crippen molar-refractivity contribution in [3.05, 3.63) is 0 Å². The first kappa shape index (κ1) is 19.8. The van der Waals surface area contributed by atoms with Crippen molar-refractivity contribution in [3.63, 3.8) is 0 Å². The smallest absolute Gasteiger partial charge is 0.119 e. The Kier molecular flexibility index (Phi) is 10.1. The molecule has 0 amide bonds. The van der Waals surface area contributed by atoms with Crippen LogP contribution in [0.1, 0.15) is 55.4 Å². The summed E-state index contributed by atoms with van der Waals surface area (Å²) in [7, 11) is 0.800. The molecule has 0 radical (unpaired) electrons. The molecule has 116 valence electrons. The van der Waals surface area contributed by atoms with Crippen LogP contribution in [0.3, 0.4) is 0 Å². The molecule has 0 aromatic carbocycles. The van der Waals surface area contributed by atoms with Gasteiger partial charge in [0.1, 0.15) is 5.72 Å². The zero-order valence-corrected chi connectivity index (χ0v) is 16.2. The van der Waals surface area contributed by atoms with Crippen molar-refractivity contribution in [1.82, 2.24) is 4.90 Å². The second kappa shape index (κ2) is 9.67. The first-order chi connectivity index (χ1) is 8.76. The van der Waals surface area contributed by atoms with Crippen LogP contribution in [0.4, 0.5) is 0 Å². The van der Waals surface area contributed by atoms with Gasteiger partial charge in [-0.25, -0.2) is 0 Å². The molecule has 0 N–H and O–H groups in total. The Morgan fingerprint density at radius 1 is 1.05 bits per heavy atom. The lowest BCUT2D eigenvalue weighted by molar-refractivity contribution is -0.0387. The van der Waals surface area contributed by atoms with E-state index >= 15 is 0 Å². The minimum Gasteiger partial charge on any atom is -0.342 e. The van der Waals surface area contributed by atoms with Gasteiger partial charge in [-0.1, -0.05) is 41.5 Å². The van der Waals surface area contributed by atoms with E-state index in [0.717, 1.165) is 24.4 Å². The number of nitrogens with zero attached hydrogens (tertiary/aromatic N) is 1. The van der Waals surface area contributed by atoms with Gasteiger partial charge in [0.05, 0.1) is 0 Å². The van der Waals surface area contributed by atoms with Crippen LogP contribution < -0.4 is 0 Å². The quantitative estimate of drug-likeness (QED) is 0.321. The Morgan fingerprint density at radius 2 is 1.53 bits per heavy atom. The summed E-state index contributed by atoms with van der Waals surface area (Å²) in [6.45, 7) is 20.4. The monoisotopic (exact) mass is 307 g/mol. The summed E-state index contributed by atoms with van der Waals surface area (Å²) in [4.78, 5) is 2.38. The molecule has 0 aliphatic heterocycles. The molecule has 1 unspecified atom stereocenters. The van der Waals surface area contributed by atoms with Gasteiger partial charge in [-0.2, -0.15) is 0 Å². The Morgan fingerprint density at radius 3 is 1.89 bits per heavy atom. The predicted molar refractivity (Wildman–Crippen MR) is 93.3 cm³/mol. The second-order valence-electron chi connectivity index (χ2n) is 6.04. The highest BCUT2D eigenvalue weighted by molar-refractivity contribution is 7.59. The fraction of sp³-hybridized carbons (Fsp3) is 1.00. The van der Waals surface area contributed by atoms with Crippen molar-refractivity contribution in [2.45, 2.75) is 72.4 Å². The molecule has 2 nitrogen and oxygen atoms in total. The van der Waals surface area contributed by atoms with Crippen LogP contribution in [0.15, 0.2) is 0 Å². The minimum absolute atomic E-state index is 0.111. The molecule has 0 bridgehead atoms. The van der Waals surface area contributed by atoms with E-state index < -0.39 is 0 Å². The van der Waals surface area contributed by atoms with E-state index in [-0.39, 0.29) is 13.6 Å². The van der Waals surface area contributed by atoms with E-state index in [9.17, 15) is 0 Å². The van der Waals surface area contributed by atoms with Crippen LogP contribution in [0.5, 0.6) is 0 Å². The third kappa shape index (κ3) is 7.37. The van der Waals surface area contributed by atoms with Crippen LogP contribution in [0, 0.1) is 0 Å². The van der Waals surface area contributed by atoms with Crippen molar-refractivity contribution in [2.24, 2.45) is 0 Å². The highest BCUT2D eigenvalue weighted by Crippen LogP contribution is 2.46. The number of rotatable bonds is 10. The van der Waals surface area contributed by atoms with Gasteiger partial charge < -0.3 is 4.52 Å². The van der Waals surface area contributed by atoms with Gasteiger partial charge in [0, 0.05) is 8.81 Å². The summed E-state index contributed by atoms with van der Waals surface area (Å²) < 4.78 is 6.15. The third-order valence-corrected chi connectivity index (χ3v) is 8.56. The molecule has 1 atom stereocenters. The van der Waals surface area contributed by atoms with Gasteiger partial charge in [-0.15, -0.1) is 7.92 Å². The highest BCUT2D eigenvalue weighted by Gasteiger charge is 2.25. The van der Waals surface area contributed by atoms with E-state index in [2.05, 4.69) is 60.3 Å². The first-order valence-electron chi connectivity index (χ1n) is 7.67. The van der Waals surface area contributed by atoms with E-state index in [1.807, 2.05) is 0 Å². The molecule has 0 aliphatic carbocycles. The first-order valence-corrected chi connectivity index (χ1v) is 10.5. The van der Waals surface area contributed by atoms with Gasteiger partial charge >= 0.3 is 0 Å². The van der Waals surface area contributed by atoms with Crippen LogP contribution in [-0.2, 0) is 4.52 Å². The maximum atomic E-state index is 6.15. The average molecular weight is 307 g/mol. The average Bonchev–Trinajstić information content (AvgIpc) is 2.28.